The summed E-state index contributed by atoms with van der Waals surface area (Å²) in [6.45, 7) is 5.34. The Morgan fingerprint density at radius 3 is 2.53 bits per heavy atom. The third-order valence-electron chi connectivity index (χ3n) is 4.31. The van der Waals surface area contributed by atoms with E-state index in [2.05, 4.69) is 4.99 Å². The third kappa shape index (κ3) is 6.00. The molecule has 0 amide bonds. The first-order valence-electron chi connectivity index (χ1n) is 9.82. The second-order valence-corrected chi connectivity index (χ2v) is 7.14. The lowest BCUT2D eigenvalue weighted by atomic mass is 10.1. The molecule has 30 heavy (non-hydrogen) atoms. The highest BCUT2D eigenvalue weighted by Crippen LogP contribution is 2.17. The number of aliphatic imine (C=N–C) groups is 1. The summed E-state index contributed by atoms with van der Waals surface area (Å²) < 4.78 is 21.0. The van der Waals surface area contributed by atoms with Crippen molar-refractivity contribution in [1.29, 1.82) is 0 Å². The molecule has 1 aromatic heterocycles. The molecule has 0 unspecified atom stereocenters. The standard InChI is InChI=1S/C22H28FN3O4/c1-15(2)30-16(3)24-20-19(8-5-7-17-9-11-18(23)12-10-17)21(28)26(13-6-14-27)22(29)25(20)4/h5,8-12,15,27H,6-7,13-14H2,1-4H3/b8-5+,24-16+. The van der Waals surface area contributed by atoms with E-state index in [1.165, 1.54) is 23.7 Å². The molecule has 0 radical (unpaired) electrons. The van der Waals surface area contributed by atoms with E-state index in [0.717, 1.165) is 10.1 Å². The minimum Gasteiger partial charge on any atom is -0.478 e. The summed E-state index contributed by atoms with van der Waals surface area (Å²) in [4.78, 5) is 30.1. The van der Waals surface area contributed by atoms with Gasteiger partial charge in [0, 0.05) is 27.1 Å². The smallest absolute Gasteiger partial charge is 0.332 e. The Balaban J connectivity index is 2.53. The zero-order chi connectivity index (χ0) is 22.3. The summed E-state index contributed by atoms with van der Waals surface area (Å²) in [7, 11) is 1.54. The molecule has 0 aliphatic heterocycles. The number of allylic oxidation sites excluding steroid dienone is 1. The third-order valence-corrected chi connectivity index (χ3v) is 4.31. The zero-order valence-electron chi connectivity index (χ0n) is 17.8. The average molecular weight is 417 g/mol. The minimum absolute atomic E-state index is 0.103. The molecule has 162 valence electrons. The monoisotopic (exact) mass is 417 g/mol. The number of hydrogen-bond acceptors (Lipinski definition) is 5. The van der Waals surface area contributed by atoms with Crippen LogP contribution in [0.2, 0.25) is 0 Å². The van der Waals surface area contributed by atoms with E-state index in [-0.39, 0.29) is 42.9 Å². The van der Waals surface area contributed by atoms with E-state index < -0.39 is 11.2 Å². The molecule has 1 aromatic carbocycles. The van der Waals surface area contributed by atoms with Crippen LogP contribution in [0.5, 0.6) is 0 Å². The Kier molecular flexibility index (Phi) is 8.29. The molecule has 8 heteroatoms. The number of aliphatic hydroxyl groups is 1. The number of benzene rings is 1. The van der Waals surface area contributed by atoms with Gasteiger partial charge in [0.25, 0.3) is 5.56 Å². The van der Waals surface area contributed by atoms with Crippen LogP contribution in [0, 0.1) is 5.82 Å². The number of hydrogen-bond donors (Lipinski definition) is 1. The van der Waals surface area contributed by atoms with Crippen LogP contribution in [0.25, 0.3) is 6.08 Å². The van der Waals surface area contributed by atoms with Crippen LogP contribution in [0.4, 0.5) is 10.2 Å². The lowest BCUT2D eigenvalue weighted by Gasteiger charge is -2.14. The van der Waals surface area contributed by atoms with Gasteiger partial charge in [-0.05, 0) is 50.5 Å². The first-order chi connectivity index (χ1) is 14.2. The molecular formula is C22H28FN3O4. The van der Waals surface area contributed by atoms with Crippen molar-refractivity contribution in [2.24, 2.45) is 12.0 Å². The molecule has 7 nitrogen and oxygen atoms in total. The maximum Gasteiger partial charge on any atom is 0.332 e. The van der Waals surface area contributed by atoms with E-state index in [9.17, 15) is 14.0 Å². The van der Waals surface area contributed by atoms with Gasteiger partial charge in [-0.25, -0.2) is 9.18 Å². The molecule has 0 atom stereocenters. The van der Waals surface area contributed by atoms with E-state index in [1.54, 1.807) is 31.2 Å². The molecule has 0 aliphatic rings. The molecule has 0 saturated carbocycles. The van der Waals surface area contributed by atoms with Crippen molar-refractivity contribution in [2.45, 2.75) is 46.3 Å². The van der Waals surface area contributed by atoms with Crippen molar-refractivity contribution >= 4 is 17.8 Å². The molecule has 0 bridgehead atoms. The van der Waals surface area contributed by atoms with Gasteiger partial charge >= 0.3 is 5.69 Å². The van der Waals surface area contributed by atoms with Crippen LogP contribution in [0.3, 0.4) is 0 Å². The first-order valence-corrected chi connectivity index (χ1v) is 9.82. The lowest BCUT2D eigenvalue weighted by Crippen LogP contribution is -2.40. The number of rotatable bonds is 8. The second kappa shape index (κ2) is 10.7. The van der Waals surface area contributed by atoms with Crippen LogP contribution < -0.4 is 11.2 Å². The van der Waals surface area contributed by atoms with Gasteiger partial charge in [-0.1, -0.05) is 18.2 Å². The SMILES string of the molecule is C/C(=N\c1c(/C=C/Cc2ccc(F)cc2)c(=O)n(CCCO)c(=O)n1C)OC(C)C. The molecular weight excluding hydrogens is 389 g/mol. The zero-order valence-corrected chi connectivity index (χ0v) is 17.8. The second-order valence-electron chi connectivity index (χ2n) is 7.14. The molecule has 0 fully saturated rings. The van der Waals surface area contributed by atoms with Gasteiger partial charge in [0.1, 0.15) is 5.82 Å². The molecule has 0 aliphatic carbocycles. The Labute approximate surface area is 174 Å². The summed E-state index contributed by atoms with van der Waals surface area (Å²) in [6.07, 6.45) is 4.04. The van der Waals surface area contributed by atoms with Crippen molar-refractivity contribution in [3.8, 4) is 0 Å². The summed E-state index contributed by atoms with van der Waals surface area (Å²) >= 11 is 0. The molecule has 1 heterocycles. The van der Waals surface area contributed by atoms with Crippen LogP contribution >= 0.6 is 0 Å². The Morgan fingerprint density at radius 2 is 1.93 bits per heavy atom. The molecule has 0 spiro atoms. The lowest BCUT2D eigenvalue weighted by molar-refractivity contribution is 0.226. The fourth-order valence-electron chi connectivity index (χ4n) is 2.94. The fourth-order valence-corrected chi connectivity index (χ4v) is 2.94. The maximum atomic E-state index is 13.1. The predicted molar refractivity (Wildman–Crippen MR) is 116 cm³/mol. The van der Waals surface area contributed by atoms with Gasteiger partial charge in [-0.2, -0.15) is 4.99 Å². The van der Waals surface area contributed by atoms with E-state index >= 15 is 0 Å². The van der Waals surface area contributed by atoms with E-state index in [4.69, 9.17) is 9.84 Å². The highest BCUT2D eigenvalue weighted by Gasteiger charge is 2.16. The summed E-state index contributed by atoms with van der Waals surface area (Å²) in [6, 6.07) is 6.08. The van der Waals surface area contributed by atoms with Gasteiger partial charge in [0.2, 0.25) is 0 Å². The minimum atomic E-state index is -0.514. The first kappa shape index (κ1) is 23.3. The molecule has 2 aromatic rings. The maximum absolute atomic E-state index is 13.1. The average Bonchev–Trinajstić information content (AvgIpc) is 2.69. The molecule has 1 N–H and O–H groups in total. The normalized spacial score (nSPS) is 12.2. The highest BCUT2D eigenvalue weighted by molar-refractivity contribution is 5.78. The van der Waals surface area contributed by atoms with Gasteiger partial charge in [-0.15, -0.1) is 0 Å². The predicted octanol–water partition coefficient (Wildman–Crippen LogP) is 2.80. The van der Waals surface area contributed by atoms with Crippen LogP contribution in [-0.4, -0.2) is 32.8 Å². The van der Waals surface area contributed by atoms with Crippen LogP contribution in [0.1, 0.15) is 38.3 Å². The van der Waals surface area contributed by atoms with Crippen LogP contribution in [-0.2, 0) is 24.8 Å². The quantitative estimate of drug-likeness (QED) is 0.529. The van der Waals surface area contributed by atoms with Crippen molar-refractivity contribution in [1.82, 2.24) is 9.13 Å². The topological polar surface area (TPSA) is 85.8 Å². The number of nitrogens with zero attached hydrogens (tertiary/aromatic N) is 3. The Morgan fingerprint density at radius 1 is 1.27 bits per heavy atom. The number of ether oxygens (including phenoxy) is 1. The number of aliphatic hydroxyl groups excluding tert-OH is 1. The number of halogens is 1. The van der Waals surface area contributed by atoms with Gasteiger partial charge < -0.3 is 9.84 Å². The number of aromatic nitrogens is 2. The van der Waals surface area contributed by atoms with Gasteiger partial charge in [-0.3, -0.25) is 13.9 Å². The van der Waals surface area contributed by atoms with Crippen molar-refractivity contribution in [3.63, 3.8) is 0 Å². The van der Waals surface area contributed by atoms with Gasteiger partial charge in [0.05, 0.1) is 11.7 Å². The van der Waals surface area contributed by atoms with Crippen LogP contribution in [0.15, 0.2) is 44.9 Å². The van der Waals surface area contributed by atoms with Gasteiger partial charge in [0.15, 0.2) is 11.7 Å². The summed E-state index contributed by atoms with van der Waals surface area (Å²) in [5.74, 6) is 0.212. The summed E-state index contributed by atoms with van der Waals surface area (Å²) in [5.41, 5.74) is 0.115. The fraction of sp³-hybridized carbons (Fsp3) is 0.409. The Bertz CT molecular complexity index is 1030. The van der Waals surface area contributed by atoms with E-state index in [0.29, 0.717) is 12.3 Å². The molecule has 0 saturated heterocycles. The van der Waals surface area contributed by atoms with Crippen molar-refractivity contribution < 1.29 is 14.2 Å². The largest absolute Gasteiger partial charge is 0.478 e. The molecule has 2 rings (SSSR count). The highest BCUT2D eigenvalue weighted by atomic mass is 19.1. The Hall–Kier alpha value is -3.00. The van der Waals surface area contributed by atoms with Crippen molar-refractivity contribution in [2.75, 3.05) is 6.61 Å². The summed E-state index contributed by atoms with van der Waals surface area (Å²) in [5, 5.41) is 9.09. The van der Waals surface area contributed by atoms with Crippen molar-refractivity contribution in [3.05, 3.63) is 68.1 Å². The van der Waals surface area contributed by atoms with E-state index in [1.807, 2.05) is 13.8 Å².